The predicted octanol–water partition coefficient (Wildman–Crippen LogP) is 0.809. The van der Waals surface area contributed by atoms with Gasteiger partial charge in [0.1, 0.15) is 0 Å². The van der Waals surface area contributed by atoms with Crippen LogP contribution < -0.4 is 5.84 Å². The van der Waals surface area contributed by atoms with Gasteiger partial charge in [0.2, 0.25) is 0 Å². The molecule has 3 nitrogen and oxygen atoms in total. The Labute approximate surface area is 80.8 Å². The molecule has 13 heavy (non-hydrogen) atoms. The van der Waals surface area contributed by atoms with E-state index in [1.54, 1.807) is 0 Å². The van der Waals surface area contributed by atoms with Crippen LogP contribution in [-0.2, 0) is 0 Å². The lowest BCUT2D eigenvalue weighted by Gasteiger charge is -2.38. The molecule has 0 aromatic heterocycles. The monoisotopic (exact) mass is 183 g/mol. The Morgan fingerprint density at radius 2 is 1.77 bits per heavy atom. The van der Waals surface area contributed by atoms with Crippen LogP contribution in [-0.4, -0.2) is 42.1 Å². The van der Waals surface area contributed by atoms with Crippen LogP contribution in [0.15, 0.2) is 0 Å². The van der Waals surface area contributed by atoms with E-state index in [0.717, 1.165) is 12.6 Å². The van der Waals surface area contributed by atoms with Gasteiger partial charge in [-0.2, -0.15) is 0 Å². The van der Waals surface area contributed by atoms with E-state index in [0.29, 0.717) is 6.04 Å². The Bertz CT molecular complexity index is 172. The van der Waals surface area contributed by atoms with Crippen molar-refractivity contribution < 1.29 is 0 Å². The molecule has 2 heterocycles. The highest BCUT2D eigenvalue weighted by Crippen LogP contribution is 2.26. The smallest absolute Gasteiger partial charge is 0.0396 e. The fourth-order valence-corrected chi connectivity index (χ4v) is 2.82. The summed E-state index contributed by atoms with van der Waals surface area (Å²) in [5.74, 6) is 6.03. The van der Waals surface area contributed by atoms with Gasteiger partial charge in [-0.3, -0.25) is 5.84 Å². The maximum absolute atomic E-state index is 6.03. The Balaban J connectivity index is 1.97. The zero-order valence-electron chi connectivity index (χ0n) is 8.58. The summed E-state index contributed by atoms with van der Waals surface area (Å²) in [7, 11) is 2.24. The van der Waals surface area contributed by atoms with E-state index in [9.17, 15) is 0 Å². The lowest BCUT2D eigenvalue weighted by molar-refractivity contribution is 0.0827. The number of nitrogens with zero attached hydrogens (tertiary/aromatic N) is 2. The Morgan fingerprint density at radius 3 is 2.38 bits per heavy atom. The molecule has 3 heteroatoms. The van der Waals surface area contributed by atoms with Crippen molar-refractivity contribution in [2.75, 3.05) is 20.1 Å². The summed E-state index contributed by atoms with van der Waals surface area (Å²) < 4.78 is 0. The van der Waals surface area contributed by atoms with Crippen molar-refractivity contribution in [3.8, 4) is 0 Å². The molecule has 0 aliphatic carbocycles. The van der Waals surface area contributed by atoms with Crippen molar-refractivity contribution in [3.05, 3.63) is 0 Å². The number of rotatable bonds is 1. The molecule has 2 saturated heterocycles. The van der Waals surface area contributed by atoms with Gasteiger partial charge in [-0.25, -0.2) is 5.01 Å². The van der Waals surface area contributed by atoms with E-state index in [-0.39, 0.29) is 0 Å². The maximum atomic E-state index is 6.03. The zero-order valence-corrected chi connectivity index (χ0v) is 8.58. The molecule has 0 bridgehead atoms. The first-order valence-corrected chi connectivity index (χ1v) is 5.50. The first-order valence-electron chi connectivity index (χ1n) is 5.50. The van der Waals surface area contributed by atoms with Gasteiger partial charge in [-0.15, -0.1) is 0 Å². The Kier molecular flexibility index (Phi) is 2.86. The van der Waals surface area contributed by atoms with E-state index < -0.39 is 0 Å². The van der Waals surface area contributed by atoms with Crippen LogP contribution in [0.25, 0.3) is 0 Å². The molecule has 0 saturated carbocycles. The van der Waals surface area contributed by atoms with Gasteiger partial charge in [0.25, 0.3) is 0 Å². The second kappa shape index (κ2) is 3.95. The average Bonchev–Trinajstić information content (AvgIpc) is 2.52. The molecular formula is C10H21N3. The summed E-state index contributed by atoms with van der Waals surface area (Å²) in [6.07, 6.45) is 6.64. The van der Waals surface area contributed by atoms with E-state index in [1.807, 2.05) is 0 Å². The van der Waals surface area contributed by atoms with Crippen LogP contribution >= 0.6 is 0 Å². The molecule has 0 aromatic carbocycles. The molecule has 0 spiro atoms. The Hall–Kier alpha value is -0.120. The van der Waals surface area contributed by atoms with Crippen molar-refractivity contribution in [2.45, 2.75) is 44.2 Å². The highest BCUT2D eigenvalue weighted by Gasteiger charge is 2.33. The van der Waals surface area contributed by atoms with Gasteiger partial charge >= 0.3 is 0 Å². The van der Waals surface area contributed by atoms with Gasteiger partial charge in [0.15, 0.2) is 0 Å². The summed E-state index contributed by atoms with van der Waals surface area (Å²) in [6.45, 7) is 2.35. The summed E-state index contributed by atoms with van der Waals surface area (Å²) in [6, 6.07) is 1.35. The van der Waals surface area contributed by atoms with Crippen molar-refractivity contribution in [1.29, 1.82) is 0 Å². The number of likely N-dealkylation sites (N-methyl/N-ethyl adjacent to an activating group) is 1. The third-order valence-electron chi connectivity index (χ3n) is 3.61. The van der Waals surface area contributed by atoms with Gasteiger partial charge < -0.3 is 4.90 Å². The second-order valence-electron chi connectivity index (χ2n) is 4.49. The topological polar surface area (TPSA) is 32.5 Å². The Morgan fingerprint density at radius 1 is 1.00 bits per heavy atom. The first-order chi connectivity index (χ1) is 6.29. The highest BCUT2D eigenvalue weighted by atomic mass is 15.4. The lowest BCUT2D eigenvalue weighted by Crippen LogP contribution is -2.53. The standard InChI is InChI=1S/C10H21N3/c1-12-7-4-6-9(12)10-5-2-3-8-13(10)11/h9-10H,2-8,11H2,1H3. The minimum Gasteiger partial charge on any atom is -0.302 e. The van der Waals surface area contributed by atoms with Crippen molar-refractivity contribution in [3.63, 3.8) is 0 Å². The van der Waals surface area contributed by atoms with Gasteiger partial charge in [-0.05, 0) is 39.3 Å². The fourth-order valence-electron chi connectivity index (χ4n) is 2.82. The summed E-state index contributed by atoms with van der Waals surface area (Å²) >= 11 is 0. The first kappa shape index (κ1) is 9.44. The van der Waals surface area contributed by atoms with Crippen LogP contribution in [0.4, 0.5) is 0 Å². The molecule has 2 N–H and O–H groups in total. The molecule has 0 aromatic rings. The van der Waals surface area contributed by atoms with E-state index in [2.05, 4.69) is 17.0 Å². The van der Waals surface area contributed by atoms with Crippen LogP contribution in [0, 0.1) is 0 Å². The van der Waals surface area contributed by atoms with Crippen LogP contribution in [0.1, 0.15) is 32.1 Å². The molecule has 2 atom stereocenters. The quantitative estimate of drug-likeness (QED) is 0.611. The van der Waals surface area contributed by atoms with Gasteiger partial charge in [0, 0.05) is 18.6 Å². The van der Waals surface area contributed by atoms with Crippen LogP contribution in [0.2, 0.25) is 0 Å². The molecule has 2 unspecified atom stereocenters. The normalized spacial score (nSPS) is 38.3. The van der Waals surface area contributed by atoms with E-state index in [1.165, 1.54) is 38.6 Å². The third kappa shape index (κ3) is 1.87. The second-order valence-corrected chi connectivity index (χ2v) is 4.49. The maximum Gasteiger partial charge on any atom is 0.0396 e. The summed E-state index contributed by atoms with van der Waals surface area (Å²) in [5.41, 5.74) is 0. The molecule has 0 amide bonds. The third-order valence-corrected chi connectivity index (χ3v) is 3.61. The minimum absolute atomic E-state index is 0.626. The summed E-state index contributed by atoms with van der Waals surface area (Å²) in [4.78, 5) is 2.48. The van der Waals surface area contributed by atoms with Crippen molar-refractivity contribution >= 4 is 0 Å². The molecule has 0 radical (unpaired) electrons. The largest absolute Gasteiger partial charge is 0.302 e. The molecule has 2 rings (SSSR count). The predicted molar refractivity (Wildman–Crippen MR) is 54.2 cm³/mol. The van der Waals surface area contributed by atoms with Crippen LogP contribution in [0.5, 0.6) is 0 Å². The molecule has 2 fully saturated rings. The van der Waals surface area contributed by atoms with E-state index >= 15 is 0 Å². The van der Waals surface area contributed by atoms with Crippen molar-refractivity contribution in [1.82, 2.24) is 9.91 Å². The molecule has 76 valence electrons. The van der Waals surface area contributed by atoms with E-state index in [4.69, 9.17) is 5.84 Å². The summed E-state index contributed by atoms with van der Waals surface area (Å²) in [5, 5.41) is 2.08. The molecule has 2 aliphatic rings. The zero-order chi connectivity index (χ0) is 9.26. The molecule has 2 aliphatic heterocycles. The number of hydrazine groups is 1. The number of nitrogens with two attached hydrogens (primary N) is 1. The number of likely N-dealkylation sites (tertiary alicyclic amines) is 1. The highest BCUT2D eigenvalue weighted by molar-refractivity contribution is 4.89. The number of hydrogen-bond acceptors (Lipinski definition) is 3. The fraction of sp³-hybridized carbons (Fsp3) is 1.00. The SMILES string of the molecule is CN1CCCC1C1CCCCN1N. The van der Waals surface area contributed by atoms with Gasteiger partial charge in [0.05, 0.1) is 0 Å². The number of hydrogen-bond donors (Lipinski definition) is 1. The molecular weight excluding hydrogens is 162 g/mol. The van der Waals surface area contributed by atoms with Gasteiger partial charge in [-0.1, -0.05) is 6.42 Å². The average molecular weight is 183 g/mol. The lowest BCUT2D eigenvalue weighted by atomic mass is 9.96. The number of piperidine rings is 1. The van der Waals surface area contributed by atoms with Crippen molar-refractivity contribution in [2.24, 2.45) is 5.84 Å². The minimum atomic E-state index is 0.626. The van der Waals surface area contributed by atoms with Crippen LogP contribution in [0.3, 0.4) is 0 Å².